The van der Waals surface area contributed by atoms with Crippen LogP contribution in [-0.4, -0.2) is 37.1 Å². The summed E-state index contributed by atoms with van der Waals surface area (Å²) in [5, 5.41) is 9.57. The normalized spacial score (nSPS) is 14.9. The molecule has 1 fully saturated rings. The van der Waals surface area contributed by atoms with E-state index in [-0.39, 0.29) is 5.91 Å². The number of nitrogens with zero attached hydrogens (tertiary/aromatic N) is 5. The molecule has 2 aromatic heterocycles. The van der Waals surface area contributed by atoms with Gasteiger partial charge in [0, 0.05) is 30.8 Å². The monoisotopic (exact) mass is 411 g/mol. The average Bonchev–Trinajstić information content (AvgIpc) is 3.32. The third-order valence-electron chi connectivity index (χ3n) is 5.03. The maximum absolute atomic E-state index is 12.3. The topological polar surface area (TPSA) is 77.0 Å². The van der Waals surface area contributed by atoms with E-state index >= 15 is 0 Å². The maximum Gasteiger partial charge on any atom is 0.226 e. The standard InChI is InChI=1S/C21H25N5O2S/c1-2-26-18(13-25-12-8-4-7-11-19(25)27)23-24-21(26)29-15-17-14-28-20(22-17)16-9-5-3-6-10-16/h3,5-6,9-10,14H,2,4,7-8,11-13,15H2,1H3. The van der Waals surface area contributed by atoms with Gasteiger partial charge < -0.3 is 13.9 Å². The minimum Gasteiger partial charge on any atom is -0.444 e. The molecule has 0 radical (unpaired) electrons. The highest BCUT2D eigenvalue weighted by Gasteiger charge is 2.20. The van der Waals surface area contributed by atoms with Gasteiger partial charge in [-0.2, -0.15) is 0 Å². The molecule has 4 rings (SSSR count). The lowest BCUT2D eigenvalue weighted by atomic mass is 10.2. The van der Waals surface area contributed by atoms with Crippen molar-refractivity contribution in [1.82, 2.24) is 24.6 Å². The molecule has 0 aliphatic carbocycles. The number of aromatic nitrogens is 4. The van der Waals surface area contributed by atoms with Crippen LogP contribution in [0.5, 0.6) is 0 Å². The van der Waals surface area contributed by atoms with Crippen LogP contribution in [0.1, 0.15) is 44.1 Å². The van der Waals surface area contributed by atoms with E-state index in [0.29, 0.717) is 24.6 Å². The second-order valence-corrected chi connectivity index (χ2v) is 8.01. The van der Waals surface area contributed by atoms with Crippen LogP contribution < -0.4 is 0 Å². The summed E-state index contributed by atoms with van der Waals surface area (Å²) in [6.45, 7) is 4.17. The van der Waals surface area contributed by atoms with Crippen molar-refractivity contribution in [1.29, 1.82) is 0 Å². The number of carbonyl (C=O) groups excluding carboxylic acids is 1. The molecule has 1 aliphatic heterocycles. The van der Waals surface area contributed by atoms with E-state index in [1.54, 1.807) is 18.0 Å². The van der Waals surface area contributed by atoms with Gasteiger partial charge in [-0.05, 0) is 31.9 Å². The molecule has 29 heavy (non-hydrogen) atoms. The molecule has 0 atom stereocenters. The van der Waals surface area contributed by atoms with Gasteiger partial charge in [-0.3, -0.25) is 4.79 Å². The number of benzene rings is 1. The Morgan fingerprint density at radius 2 is 2.00 bits per heavy atom. The van der Waals surface area contributed by atoms with Gasteiger partial charge in [0.25, 0.3) is 0 Å². The van der Waals surface area contributed by atoms with Gasteiger partial charge in [0.1, 0.15) is 6.26 Å². The van der Waals surface area contributed by atoms with Crippen molar-refractivity contribution in [2.75, 3.05) is 6.54 Å². The second kappa shape index (κ2) is 9.26. The number of carbonyl (C=O) groups is 1. The molecule has 0 unspecified atom stereocenters. The Hall–Kier alpha value is -2.61. The van der Waals surface area contributed by atoms with Crippen molar-refractivity contribution < 1.29 is 9.21 Å². The number of rotatable bonds is 7. The fraction of sp³-hybridized carbons (Fsp3) is 0.429. The smallest absolute Gasteiger partial charge is 0.226 e. The van der Waals surface area contributed by atoms with Crippen LogP contribution >= 0.6 is 11.8 Å². The zero-order chi connectivity index (χ0) is 20.1. The highest BCUT2D eigenvalue weighted by molar-refractivity contribution is 7.98. The Bertz CT molecular complexity index is 953. The Balaban J connectivity index is 1.42. The van der Waals surface area contributed by atoms with Gasteiger partial charge in [0.15, 0.2) is 11.0 Å². The summed E-state index contributed by atoms with van der Waals surface area (Å²) in [5.74, 6) is 2.34. The molecule has 7 nitrogen and oxygen atoms in total. The van der Waals surface area contributed by atoms with Crippen LogP contribution in [-0.2, 0) is 23.6 Å². The molecule has 3 aromatic rings. The number of thioether (sulfide) groups is 1. The van der Waals surface area contributed by atoms with E-state index in [9.17, 15) is 4.79 Å². The lowest BCUT2D eigenvalue weighted by Crippen LogP contribution is -2.31. The third-order valence-corrected chi connectivity index (χ3v) is 6.04. The molecule has 0 saturated carbocycles. The molecular formula is C21H25N5O2S. The number of amides is 1. The third kappa shape index (κ3) is 4.70. The number of oxazole rings is 1. The Morgan fingerprint density at radius 3 is 2.83 bits per heavy atom. The predicted molar refractivity (Wildman–Crippen MR) is 111 cm³/mol. The van der Waals surface area contributed by atoms with Gasteiger partial charge in [-0.1, -0.05) is 36.4 Å². The van der Waals surface area contributed by atoms with Crippen molar-refractivity contribution in [3.8, 4) is 11.5 Å². The Morgan fingerprint density at radius 1 is 1.14 bits per heavy atom. The first-order valence-electron chi connectivity index (χ1n) is 10.1. The molecule has 0 bridgehead atoms. The van der Waals surface area contributed by atoms with Gasteiger partial charge in [-0.15, -0.1) is 10.2 Å². The molecular weight excluding hydrogens is 386 g/mol. The summed E-state index contributed by atoms with van der Waals surface area (Å²) in [5.41, 5.74) is 1.83. The first-order valence-corrected chi connectivity index (χ1v) is 11.1. The Kier molecular flexibility index (Phi) is 6.29. The summed E-state index contributed by atoms with van der Waals surface area (Å²) < 4.78 is 7.70. The van der Waals surface area contributed by atoms with Crippen LogP contribution in [0.4, 0.5) is 0 Å². The SMILES string of the molecule is CCn1c(CN2CCCCCC2=O)nnc1SCc1coc(-c2ccccc2)n1. The molecule has 0 N–H and O–H groups in total. The summed E-state index contributed by atoms with van der Waals surface area (Å²) in [6.07, 6.45) is 5.49. The van der Waals surface area contributed by atoms with Gasteiger partial charge in [-0.25, -0.2) is 4.98 Å². The van der Waals surface area contributed by atoms with Crippen molar-refractivity contribution >= 4 is 17.7 Å². The average molecular weight is 412 g/mol. The zero-order valence-corrected chi connectivity index (χ0v) is 17.4. The molecule has 152 valence electrons. The molecule has 3 heterocycles. The van der Waals surface area contributed by atoms with Crippen molar-refractivity contribution in [2.24, 2.45) is 0 Å². The highest BCUT2D eigenvalue weighted by Crippen LogP contribution is 2.25. The van der Waals surface area contributed by atoms with Crippen molar-refractivity contribution in [3.63, 3.8) is 0 Å². The summed E-state index contributed by atoms with van der Waals surface area (Å²) in [6, 6.07) is 9.86. The van der Waals surface area contributed by atoms with E-state index in [0.717, 1.165) is 54.6 Å². The van der Waals surface area contributed by atoms with Crippen LogP contribution in [0.25, 0.3) is 11.5 Å². The van der Waals surface area contributed by atoms with E-state index < -0.39 is 0 Å². The summed E-state index contributed by atoms with van der Waals surface area (Å²) >= 11 is 1.58. The number of likely N-dealkylation sites (tertiary alicyclic amines) is 1. The summed E-state index contributed by atoms with van der Waals surface area (Å²) in [7, 11) is 0. The zero-order valence-electron chi connectivity index (χ0n) is 16.6. The van der Waals surface area contributed by atoms with Crippen LogP contribution in [0, 0.1) is 0 Å². The highest BCUT2D eigenvalue weighted by atomic mass is 32.2. The first kappa shape index (κ1) is 19.7. The lowest BCUT2D eigenvalue weighted by molar-refractivity contribution is -0.131. The van der Waals surface area contributed by atoms with E-state index in [1.807, 2.05) is 35.2 Å². The predicted octanol–water partition coefficient (Wildman–Crippen LogP) is 4.15. The van der Waals surface area contributed by atoms with Gasteiger partial charge in [0.05, 0.1) is 12.2 Å². The molecule has 1 aliphatic rings. The largest absolute Gasteiger partial charge is 0.444 e. The van der Waals surface area contributed by atoms with Crippen molar-refractivity contribution in [2.45, 2.75) is 56.6 Å². The molecule has 1 aromatic carbocycles. The number of hydrogen-bond donors (Lipinski definition) is 0. The van der Waals surface area contributed by atoms with Crippen LogP contribution in [0.2, 0.25) is 0 Å². The van der Waals surface area contributed by atoms with Crippen LogP contribution in [0.15, 0.2) is 46.2 Å². The van der Waals surface area contributed by atoms with E-state index in [1.165, 1.54) is 0 Å². The van der Waals surface area contributed by atoms with Gasteiger partial charge >= 0.3 is 0 Å². The van der Waals surface area contributed by atoms with Gasteiger partial charge in [0.2, 0.25) is 11.8 Å². The Labute approximate surface area is 174 Å². The molecule has 1 saturated heterocycles. The fourth-order valence-electron chi connectivity index (χ4n) is 3.46. The quantitative estimate of drug-likeness (QED) is 0.544. The maximum atomic E-state index is 12.3. The molecule has 1 amide bonds. The van der Waals surface area contributed by atoms with Crippen molar-refractivity contribution in [3.05, 3.63) is 48.1 Å². The molecule has 8 heteroatoms. The second-order valence-electron chi connectivity index (χ2n) is 7.07. The minimum absolute atomic E-state index is 0.221. The molecule has 0 spiro atoms. The van der Waals surface area contributed by atoms with Crippen LogP contribution in [0.3, 0.4) is 0 Å². The van der Waals surface area contributed by atoms with E-state index in [2.05, 4.69) is 26.7 Å². The first-order chi connectivity index (χ1) is 14.2. The summed E-state index contributed by atoms with van der Waals surface area (Å²) in [4.78, 5) is 18.8. The minimum atomic E-state index is 0.221. The number of hydrogen-bond acceptors (Lipinski definition) is 6. The lowest BCUT2D eigenvalue weighted by Gasteiger charge is -2.20. The van der Waals surface area contributed by atoms with E-state index in [4.69, 9.17) is 4.42 Å². The fourth-order valence-corrected chi connectivity index (χ4v) is 4.36.